The average molecular weight is 416 g/mol. The number of carbonyl (C=O) groups excluding carboxylic acids is 2. The third-order valence-electron chi connectivity index (χ3n) is 5.30. The number of anilines is 1. The minimum atomic E-state index is -0.354. The molecule has 0 fully saturated rings. The Hall–Kier alpha value is -3.74. The molecule has 0 saturated heterocycles. The van der Waals surface area contributed by atoms with Crippen LogP contribution in [-0.4, -0.2) is 22.5 Å². The third kappa shape index (κ3) is 4.40. The highest BCUT2D eigenvalue weighted by molar-refractivity contribution is 6.09. The number of hydrogen-bond donors (Lipinski definition) is 2. The zero-order chi connectivity index (χ0) is 22.0. The lowest BCUT2D eigenvalue weighted by atomic mass is 9.93. The number of carbonyl (C=O) groups is 2. The number of fused-ring (bicyclic) bond motifs is 1. The predicted octanol–water partition coefficient (Wildman–Crippen LogP) is 4.32. The molecule has 158 valence electrons. The number of nitrogens with zero attached hydrogens (tertiary/aromatic N) is 2. The van der Waals surface area contributed by atoms with Crippen LogP contribution in [0.25, 0.3) is 0 Å². The van der Waals surface area contributed by atoms with E-state index in [1.54, 1.807) is 24.4 Å². The molecule has 3 aromatic rings. The zero-order valence-electron chi connectivity index (χ0n) is 17.8. The van der Waals surface area contributed by atoms with Crippen LogP contribution >= 0.6 is 0 Å². The van der Waals surface area contributed by atoms with Gasteiger partial charge in [-0.2, -0.15) is 5.10 Å². The van der Waals surface area contributed by atoms with Gasteiger partial charge in [0.05, 0.1) is 5.71 Å². The van der Waals surface area contributed by atoms with Crippen molar-refractivity contribution in [1.82, 2.24) is 10.4 Å². The molecule has 2 aromatic heterocycles. The fourth-order valence-electron chi connectivity index (χ4n) is 3.66. The fraction of sp³-hybridized carbons (Fsp3) is 0.250. The number of aryl methyl sites for hydroxylation is 3. The summed E-state index contributed by atoms with van der Waals surface area (Å²) in [6, 6.07) is 11.0. The van der Waals surface area contributed by atoms with E-state index < -0.39 is 0 Å². The maximum Gasteiger partial charge on any atom is 0.292 e. The van der Waals surface area contributed by atoms with Gasteiger partial charge < -0.3 is 9.73 Å². The number of hydrogen-bond acceptors (Lipinski definition) is 5. The first-order valence-corrected chi connectivity index (χ1v) is 10.2. The van der Waals surface area contributed by atoms with Gasteiger partial charge in [0, 0.05) is 29.3 Å². The third-order valence-corrected chi connectivity index (χ3v) is 5.30. The molecule has 7 heteroatoms. The Balaban J connectivity index is 1.56. The number of hydrazone groups is 1. The Morgan fingerprint density at radius 1 is 1.00 bits per heavy atom. The fourth-order valence-corrected chi connectivity index (χ4v) is 3.66. The summed E-state index contributed by atoms with van der Waals surface area (Å²) in [7, 11) is 0. The van der Waals surface area contributed by atoms with Crippen molar-refractivity contribution in [2.24, 2.45) is 5.10 Å². The van der Waals surface area contributed by atoms with Crippen molar-refractivity contribution in [2.45, 2.75) is 40.0 Å². The smallest absolute Gasteiger partial charge is 0.292 e. The number of amides is 2. The van der Waals surface area contributed by atoms with Crippen LogP contribution in [0.3, 0.4) is 0 Å². The van der Waals surface area contributed by atoms with E-state index in [0.717, 1.165) is 41.0 Å². The Morgan fingerprint density at radius 2 is 1.77 bits per heavy atom. The summed E-state index contributed by atoms with van der Waals surface area (Å²) in [5, 5.41) is 7.15. The van der Waals surface area contributed by atoms with Crippen molar-refractivity contribution < 1.29 is 14.0 Å². The summed E-state index contributed by atoms with van der Waals surface area (Å²) in [6.07, 6.45) is 3.89. The van der Waals surface area contributed by atoms with Crippen LogP contribution in [0.15, 0.2) is 52.1 Å². The summed E-state index contributed by atoms with van der Waals surface area (Å²) in [5.74, 6) is 0.803. The molecule has 4 rings (SSSR count). The van der Waals surface area contributed by atoms with Crippen LogP contribution in [-0.2, 0) is 6.42 Å². The molecule has 0 unspecified atom stereocenters. The van der Waals surface area contributed by atoms with E-state index in [1.807, 2.05) is 39.0 Å². The summed E-state index contributed by atoms with van der Waals surface area (Å²) < 4.78 is 5.90. The maximum absolute atomic E-state index is 12.8. The Bertz CT molecular complexity index is 1180. The van der Waals surface area contributed by atoms with Crippen LogP contribution in [0.4, 0.5) is 5.82 Å². The van der Waals surface area contributed by atoms with Gasteiger partial charge in [-0.3, -0.25) is 9.59 Å². The summed E-state index contributed by atoms with van der Waals surface area (Å²) in [5.41, 5.74) is 7.50. The zero-order valence-corrected chi connectivity index (χ0v) is 17.8. The quantitative estimate of drug-likeness (QED) is 0.619. The second-order valence-electron chi connectivity index (χ2n) is 7.75. The molecule has 2 amide bonds. The molecule has 1 aliphatic rings. The van der Waals surface area contributed by atoms with Crippen LogP contribution in [0.5, 0.6) is 0 Å². The first-order valence-electron chi connectivity index (χ1n) is 10.2. The largest absolute Gasteiger partial charge is 0.455 e. The van der Waals surface area contributed by atoms with Crippen LogP contribution < -0.4 is 10.7 Å². The summed E-state index contributed by atoms with van der Waals surface area (Å²) in [6.45, 7) is 5.74. The molecule has 0 saturated carbocycles. The standard InChI is InChI=1S/C24H24N4O3/c1-14-7-9-17(10-8-14)23(29)28-27-18-5-4-6-19-21(18)16(3)22(31-19)24(30)26-20-13-15(2)11-12-25-20/h7-13H,4-6H2,1-3H3,(H,28,29)(H,25,26,30)/b27-18+. The Labute approximate surface area is 180 Å². The SMILES string of the molecule is Cc1ccc(C(=O)N/N=C2\CCCc3oc(C(=O)Nc4cc(C)ccn4)c(C)c32)cc1. The highest BCUT2D eigenvalue weighted by Crippen LogP contribution is 2.30. The van der Waals surface area contributed by atoms with E-state index in [1.165, 1.54) is 0 Å². The van der Waals surface area contributed by atoms with Gasteiger partial charge in [-0.05, 0) is 63.4 Å². The van der Waals surface area contributed by atoms with E-state index in [9.17, 15) is 9.59 Å². The molecule has 0 bridgehead atoms. The lowest BCUT2D eigenvalue weighted by Crippen LogP contribution is -2.22. The number of benzene rings is 1. The normalized spacial score (nSPS) is 14.2. The molecule has 0 spiro atoms. The molecular formula is C24H24N4O3. The minimum absolute atomic E-state index is 0.243. The van der Waals surface area contributed by atoms with Crippen molar-refractivity contribution in [1.29, 1.82) is 0 Å². The van der Waals surface area contributed by atoms with Crippen LogP contribution in [0, 0.1) is 20.8 Å². The first-order chi connectivity index (χ1) is 14.9. The lowest BCUT2D eigenvalue weighted by Gasteiger charge is -2.13. The molecule has 1 aliphatic carbocycles. The van der Waals surface area contributed by atoms with Crippen molar-refractivity contribution in [3.8, 4) is 0 Å². The molecule has 0 aliphatic heterocycles. The van der Waals surface area contributed by atoms with Gasteiger partial charge >= 0.3 is 0 Å². The molecule has 1 aromatic carbocycles. The summed E-state index contributed by atoms with van der Waals surface area (Å²) in [4.78, 5) is 29.4. The van der Waals surface area contributed by atoms with E-state index in [-0.39, 0.29) is 17.6 Å². The predicted molar refractivity (Wildman–Crippen MR) is 118 cm³/mol. The van der Waals surface area contributed by atoms with Gasteiger partial charge in [-0.15, -0.1) is 0 Å². The molecule has 0 radical (unpaired) electrons. The maximum atomic E-state index is 12.8. The lowest BCUT2D eigenvalue weighted by molar-refractivity contribution is 0.0953. The number of furan rings is 1. The van der Waals surface area contributed by atoms with E-state index in [4.69, 9.17) is 4.42 Å². The van der Waals surface area contributed by atoms with Crippen LogP contribution in [0.1, 0.15) is 61.8 Å². The molecule has 7 nitrogen and oxygen atoms in total. The molecular weight excluding hydrogens is 392 g/mol. The van der Waals surface area contributed by atoms with Crippen LogP contribution in [0.2, 0.25) is 0 Å². The highest BCUT2D eigenvalue weighted by Gasteiger charge is 2.28. The second-order valence-corrected chi connectivity index (χ2v) is 7.75. The monoisotopic (exact) mass is 416 g/mol. The number of rotatable bonds is 4. The van der Waals surface area contributed by atoms with Gasteiger partial charge in [0.25, 0.3) is 11.8 Å². The average Bonchev–Trinajstić information content (AvgIpc) is 3.10. The van der Waals surface area contributed by atoms with Gasteiger partial charge in [0.2, 0.25) is 0 Å². The Kier molecular flexibility index (Phi) is 5.66. The molecule has 2 heterocycles. The summed E-state index contributed by atoms with van der Waals surface area (Å²) >= 11 is 0. The highest BCUT2D eigenvalue weighted by atomic mass is 16.4. The Morgan fingerprint density at radius 3 is 2.52 bits per heavy atom. The van der Waals surface area contributed by atoms with E-state index in [2.05, 4.69) is 20.8 Å². The van der Waals surface area contributed by atoms with Gasteiger partial charge in [0.15, 0.2) is 5.76 Å². The molecule has 31 heavy (non-hydrogen) atoms. The minimum Gasteiger partial charge on any atom is -0.455 e. The molecule has 0 atom stereocenters. The van der Waals surface area contributed by atoms with Crippen molar-refractivity contribution in [3.63, 3.8) is 0 Å². The van der Waals surface area contributed by atoms with Gasteiger partial charge in [-0.25, -0.2) is 10.4 Å². The number of aromatic nitrogens is 1. The van der Waals surface area contributed by atoms with Crippen molar-refractivity contribution in [2.75, 3.05) is 5.32 Å². The molecule has 2 N–H and O–H groups in total. The van der Waals surface area contributed by atoms with Crippen molar-refractivity contribution >= 4 is 23.3 Å². The van der Waals surface area contributed by atoms with Crippen molar-refractivity contribution in [3.05, 3.63) is 81.9 Å². The second kappa shape index (κ2) is 8.55. The topological polar surface area (TPSA) is 96.6 Å². The number of pyridine rings is 1. The van der Waals surface area contributed by atoms with E-state index >= 15 is 0 Å². The van der Waals surface area contributed by atoms with E-state index in [0.29, 0.717) is 23.4 Å². The number of nitrogens with one attached hydrogen (secondary N) is 2. The first kappa shape index (κ1) is 20.5. The van der Waals surface area contributed by atoms with Gasteiger partial charge in [-0.1, -0.05) is 17.7 Å². The van der Waals surface area contributed by atoms with Gasteiger partial charge in [0.1, 0.15) is 11.6 Å².